The molecule has 0 aromatic carbocycles. The van der Waals surface area contributed by atoms with Crippen molar-refractivity contribution in [2.45, 2.75) is 12.0 Å². The summed E-state index contributed by atoms with van der Waals surface area (Å²) in [5.41, 5.74) is -1.63. The Morgan fingerprint density at radius 2 is 2.20 bits per heavy atom. The Balaban J connectivity index is 3.92. The van der Waals surface area contributed by atoms with Gasteiger partial charge in [-0.3, -0.25) is 0 Å². The molecular formula is C6H10O4. The van der Waals surface area contributed by atoms with Gasteiger partial charge in [0.1, 0.15) is 11.9 Å². The minimum atomic E-state index is -1.63. The average molecular weight is 146 g/mol. The van der Waals surface area contributed by atoms with Crippen molar-refractivity contribution in [1.82, 2.24) is 0 Å². The fourth-order valence-electron chi connectivity index (χ4n) is 0.535. The van der Waals surface area contributed by atoms with Gasteiger partial charge >= 0.3 is 0 Å². The van der Waals surface area contributed by atoms with E-state index in [1.165, 1.54) is 7.11 Å². The van der Waals surface area contributed by atoms with Gasteiger partial charge in [-0.2, -0.15) is 0 Å². The van der Waals surface area contributed by atoms with Crippen LogP contribution in [-0.2, 0) is 14.3 Å². The zero-order valence-corrected chi connectivity index (χ0v) is 5.74. The second-order valence-electron chi connectivity index (χ2n) is 2.03. The largest absolute Gasteiger partial charge is 0.381 e. The summed E-state index contributed by atoms with van der Waals surface area (Å²) in [5.74, 6) is 0. The van der Waals surface area contributed by atoms with Crippen LogP contribution in [0.1, 0.15) is 6.42 Å². The molecule has 0 radical (unpaired) electrons. The van der Waals surface area contributed by atoms with Crippen LogP contribution in [0.15, 0.2) is 0 Å². The average Bonchev–Trinajstić information content (AvgIpc) is 1.89. The van der Waals surface area contributed by atoms with Gasteiger partial charge in [-0.1, -0.05) is 0 Å². The maximum atomic E-state index is 10.1. The second-order valence-corrected chi connectivity index (χ2v) is 2.03. The van der Waals surface area contributed by atoms with Crippen molar-refractivity contribution in [1.29, 1.82) is 0 Å². The van der Waals surface area contributed by atoms with Crippen LogP contribution in [0.3, 0.4) is 0 Å². The van der Waals surface area contributed by atoms with Crippen molar-refractivity contribution in [3.8, 4) is 0 Å². The number of hydrogen-bond acceptors (Lipinski definition) is 4. The van der Waals surface area contributed by atoms with Crippen molar-refractivity contribution in [3.05, 3.63) is 0 Å². The van der Waals surface area contributed by atoms with Crippen LogP contribution in [-0.4, -0.2) is 37.0 Å². The molecule has 1 unspecified atom stereocenters. The van der Waals surface area contributed by atoms with Crippen LogP contribution in [0.4, 0.5) is 0 Å². The number of carbonyl (C=O) groups is 2. The van der Waals surface area contributed by atoms with E-state index in [9.17, 15) is 9.59 Å². The summed E-state index contributed by atoms with van der Waals surface area (Å²) < 4.78 is 4.51. The highest BCUT2D eigenvalue weighted by Gasteiger charge is 2.25. The van der Waals surface area contributed by atoms with Gasteiger partial charge in [-0.25, -0.2) is 0 Å². The zero-order valence-electron chi connectivity index (χ0n) is 5.74. The van der Waals surface area contributed by atoms with Crippen LogP contribution in [0.5, 0.6) is 0 Å². The lowest BCUT2D eigenvalue weighted by Gasteiger charge is -2.16. The highest BCUT2D eigenvalue weighted by Crippen LogP contribution is 2.04. The first-order valence-corrected chi connectivity index (χ1v) is 2.80. The SMILES string of the molecule is COCC(O)(C=O)CC=O. The van der Waals surface area contributed by atoms with E-state index >= 15 is 0 Å². The molecule has 0 bridgehead atoms. The highest BCUT2D eigenvalue weighted by molar-refractivity contribution is 5.69. The maximum absolute atomic E-state index is 10.1. The first kappa shape index (κ1) is 9.26. The number of carbonyl (C=O) groups excluding carboxylic acids is 2. The van der Waals surface area contributed by atoms with Crippen molar-refractivity contribution in [2.24, 2.45) is 0 Å². The monoisotopic (exact) mass is 146 g/mol. The van der Waals surface area contributed by atoms with E-state index in [-0.39, 0.29) is 13.0 Å². The second kappa shape index (κ2) is 4.14. The summed E-state index contributed by atoms with van der Waals surface area (Å²) in [6.07, 6.45) is 0.572. The first-order valence-electron chi connectivity index (χ1n) is 2.80. The van der Waals surface area contributed by atoms with Gasteiger partial charge in [0.05, 0.1) is 6.61 Å². The summed E-state index contributed by atoms with van der Waals surface area (Å²) in [7, 11) is 1.35. The molecule has 58 valence electrons. The molecule has 0 saturated carbocycles. The Labute approximate surface area is 58.8 Å². The number of hydrogen-bond donors (Lipinski definition) is 1. The van der Waals surface area contributed by atoms with Crippen LogP contribution in [0, 0.1) is 0 Å². The third-order valence-electron chi connectivity index (χ3n) is 1.05. The molecule has 0 spiro atoms. The van der Waals surface area contributed by atoms with Gasteiger partial charge in [0.2, 0.25) is 0 Å². The first-order chi connectivity index (χ1) is 4.68. The third-order valence-corrected chi connectivity index (χ3v) is 1.05. The lowest BCUT2D eigenvalue weighted by atomic mass is 10.0. The molecule has 0 aromatic heterocycles. The molecule has 0 aliphatic rings. The smallest absolute Gasteiger partial charge is 0.154 e. The lowest BCUT2D eigenvalue weighted by Crippen LogP contribution is -2.36. The molecule has 4 nitrogen and oxygen atoms in total. The van der Waals surface area contributed by atoms with E-state index < -0.39 is 5.60 Å². The normalized spacial score (nSPS) is 15.8. The molecule has 0 aliphatic heterocycles. The van der Waals surface area contributed by atoms with Gasteiger partial charge < -0.3 is 19.4 Å². The summed E-state index contributed by atoms with van der Waals surface area (Å²) in [6.45, 7) is -0.144. The fourth-order valence-corrected chi connectivity index (χ4v) is 0.535. The van der Waals surface area contributed by atoms with Gasteiger partial charge in [0, 0.05) is 13.5 Å². The summed E-state index contributed by atoms with van der Waals surface area (Å²) in [6, 6.07) is 0. The van der Waals surface area contributed by atoms with E-state index in [1.807, 2.05) is 0 Å². The lowest BCUT2D eigenvalue weighted by molar-refractivity contribution is -0.134. The Kier molecular flexibility index (Phi) is 3.83. The van der Waals surface area contributed by atoms with E-state index in [0.717, 1.165) is 0 Å². The number of rotatable bonds is 5. The topological polar surface area (TPSA) is 63.6 Å². The van der Waals surface area contributed by atoms with E-state index in [0.29, 0.717) is 12.6 Å². The van der Waals surface area contributed by atoms with E-state index in [1.54, 1.807) is 0 Å². The quantitative estimate of drug-likeness (QED) is 0.513. The van der Waals surface area contributed by atoms with Crippen LogP contribution in [0.2, 0.25) is 0 Å². The molecule has 0 aromatic rings. The Bertz CT molecular complexity index is 123. The molecule has 0 rings (SSSR count). The summed E-state index contributed by atoms with van der Waals surface area (Å²) >= 11 is 0. The van der Waals surface area contributed by atoms with Crippen molar-refractivity contribution < 1.29 is 19.4 Å². The number of ether oxygens (including phenoxy) is 1. The molecule has 0 heterocycles. The molecule has 0 saturated heterocycles. The highest BCUT2D eigenvalue weighted by atomic mass is 16.5. The summed E-state index contributed by atoms with van der Waals surface area (Å²) in [5, 5.41) is 9.10. The molecule has 10 heavy (non-hydrogen) atoms. The summed E-state index contributed by atoms with van der Waals surface area (Å²) in [4.78, 5) is 20.0. The minimum Gasteiger partial charge on any atom is -0.381 e. The predicted octanol–water partition coefficient (Wildman–Crippen LogP) is -0.848. The Morgan fingerprint density at radius 1 is 1.60 bits per heavy atom. The molecule has 4 heteroatoms. The fraction of sp³-hybridized carbons (Fsp3) is 0.667. The maximum Gasteiger partial charge on any atom is 0.154 e. The van der Waals surface area contributed by atoms with Gasteiger partial charge in [-0.05, 0) is 0 Å². The third kappa shape index (κ3) is 2.70. The number of aliphatic hydroxyl groups is 1. The van der Waals surface area contributed by atoms with Crippen LogP contribution >= 0.6 is 0 Å². The van der Waals surface area contributed by atoms with E-state index in [4.69, 9.17) is 5.11 Å². The number of methoxy groups -OCH3 is 1. The van der Waals surface area contributed by atoms with Gasteiger partial charge in [0.25, 0.3) is 0 Å². The predicted molar refractivity (Wildman–Crippen MR) is 33.6 cm³/mol. The Hall–Kier alpha value is -0.740. The van der Waals surface area contributed by atoms with Crippen molar-refractivity contribution in [3.63, 3.8) is 0 Å². The van der Waals surface area contributed by atoms with Crippen molar-refractivity contribution in [2.75, 3.05) is 13.7 Å². The Morgan fingerprint density at radius 3 is 2.50 bits per heavy atom. The number of aldehydes is 2. The van der Waals surface area contributed by atoms with Crippen LogP contribution < -0.4 is 0 Å². The molecule has 0 amide bonds. The molecule has 0 fully saturated rings. The zero-order chi connectivity index (χ0) is 8.04. The van der Waals surface area contributed by atoms with Crippen molar-refractivity contribution >= 4 is 12.6 Å². The minimum absolute atomic E-state index is 0.144. The van der Waals surface area contributed by atoms with Gasteiger partial charge in [-0.15, -0.1) is 0 Å². The van der Waals surface area contributed by atoms with Gasteiger partial charge in [0.15, 0.2) is 6.29 Å². The molecular weight excluding hydrogens is 136 g/mol. The molecule has 1 N–H and O–H groups in total. The van der Waals surface area contributed by atoms with Crippen LogP contribution in [0.25, 0.3) is 0 Å². The molecule has 0 aliphatic carbocycles. The molecule has 1 atom stereocenters. The van der Waals surface area contributed by atoms with E-state index in [2.05, 4.69) is 4.74 Å². The standard InChI is InChI=1S/C6H10O4/c1-10-5-6(9,4-8)2-3-7/h3-4,9H,2,5H2,1H3.